The number of anilines is 2. The molecular weight excluding hydrogens is 264 g/mol. The maximum Gasteiger partial charge on any atom is 0.266 e. The van der Waals surface area contributed by atoms with Gasteiger partial charge in [0.2, 0.25) is 0 Å². The van der Waals surface area contributed by atoms with E-state index in [2.05, 4.69) is 0 Å². The average molecular weight is 280 g/mol. The maximum atomic E-state index is 12.5. The van der Waals surface area contributed by atoms with Crippen molar-refractivity contribution in [3.05, 3.63) is 59.2 Å². The third kappa shape index (κ3) is 2.09. The molecule has 0 spiro atoms. The number of nitrogens with zero attached hydrogens (tertiary/aromatic N) is 2. The molecule has 2 amide bonds. The van der Waals surface area contributed by atoms with Crippen LogP contribution in [0.4, 0.5) is 11.4 Å². The molecule has 0 N–H and O–H groups in total. The van der Waals surface area contributed by atoms with Crippen LogP contribution in [-0.2, 0) is 0 Å². The summed E-state index contributed by atoms with van der Waals surface area (Å²) < 4.78 is 0. The van der Waals surface area contributed by atoms with Crippen molar-refractivity contribution >= 4 is 23.2 Å². The molecular formula is C17H16N2O2. The molecule has 3 rings (SSSR count). The molecule has 4 heteroatoms. The summed E-state index contributed by atoms with van der Waals surface area (Å²) in [6, 6.07) is 12.7. The topological polar surface area (TPSA) is 40.6 Å². The van der Waals surface area contributed by atoms with Crippen LogP contribution >= 0.6 is 0 Å². The molecule has 0 aromatic heterocycles. The van der Waals surface area contributed by atoms with E-state index < -0.39 is 0 Å². The number of carbonyl (C=O) groups is 2. The van der Waals surface area contributed by atoms with E-state index in [9.17, 15) is 9.59 Å². The number of hydrogen-bond donors (Lipinski definition) is 0. The third-order valence-electron chi connectivity index (χ3n) is 3.67. The maximum absolute atomic E-state index is 12.5. The van der Waals surface area contributed by atoms with Gasteiger partial charge in [-0.15, -0.1) is 0 Å². The quantitative estimate of drug-likeness (QED) is 0.794. The minimum atomic E-state index is -0.257. The van der Waals surface area contributed by atoms with Crippen LogP contribution in [0.25, 0.3) is 0 Å². The second-order valence-corrected chi connectivity index (χ2v) is 5.41. The molecule has 2 aromatic rings. The highest BCUT2D eigenvalue weighted by atomic mass is 16.2. The first-order valence-corrected chi connectivity index (χ1v) is 6.76. The highest BCUT2D eigenvalue weighted by Gasteiger charge is 2.36. The molecule has 106 valence electrons. The van der Waals surface area contributed by atoms with Crippen molar-refractivity contribution in [2.75, 3.05) is 23.9 Å². The molecule has 21 heavy (non-hydrogen) atoms. The second-order valence-electron chi connectivity index (χ2n) is 5.41. The van der Waals surface area contributed by atoms with Crippen molar-refractivity contribution in [2.45, 2.75) is 6.92 Å². The van der Waals surface area contributed by atoms with Crippen LogP contribution in [0.3, 0.4) is 0 Å². The molecule has 0 aliphatic carbocycles. The molecule has 2 aromatic carbocycles. The number of benzene rings is 2. The lowest BCUT2D eigenvalue weighted by molar-refractivity contribution is 0.0926. The lowest BCUT2D eigenvalue weighted by atomic mass is 10.1. The fraction of sp³-hybridized carbons (Fsp3) is 0.176. The van der Waals surface area contributed by atoms with Gasteiger partial charge in [0.25, 0.3) is 11.8 Å². The molecule has 0 unspecified atom stereocenters. The minimum Gasteiger partial charge on any atom is -0.378 e. The van der Waals surface area contributed by atoms with Crippen LogP contribution in [-0.4, -0.2) is 25.9 Å². The summed E-state index contributed by atoms with van der Waals surface area (Å²) in [5.74, 6) is -0.510. The zero-order chi connectivity index (χ0) is 15.1. The van der Waals surface area contributed by atoms with Crippen molar-refractivity contribution in [2.24, 2.45) is 0 Å². The third-order valence-corrected chi connectivity index (χ3v) is 3.67. The Labute approximate surface area is 123 Å². The molecule has 1 aliphatic heterocycles. The Kier molecular flexibility index (Phi) is 3.01. The van der Waals surface area contributed by atoms with Crippen molar-refractivity contribution in [3.8, 4) is 0 Å². The van der Waals surface area contributed by atoms with Gasteiger partial charge in [-0.1, -0.05) is 11.6 Å². The van der Waals surface area contributed by atoms with Gasteiger partial charge in [0.1, 0.15) is 0 Å². The largest absolute Gasteiger partial charge is 0.378 e. The molecule has 0 saturated heterocycles. The SMILES string of the molecule is Cc1ccc2c(c1)C(=O)N(c1ccc(N(C)C)cc1)C2=O. The molecule has 0 atom stereocenters. The lowest BCUT2D eigenvalue weighted by Gasteiger charge is -2.16. The standard InChI is InChI=1S/C17H16N2O2/c1-11-4-9-14-15(10-11)17(21)19(16(14)20)13-7-5-12(6-8-13)18(2)3/h4-10H,1-3H3. The Hall–Kier alpha value is -2.62. The van der Waals surface area contributed by atoms with Gasteiger partial charge in [-0.25, -0.2) is 4.90 Å². The normalized spacial score (nSPS) is 13.6. The van der Waals surface area contributed by atoms with Crippen LogP contribution in [0.5, 0.6) is 0 Å². The van der Waals surface area contributed by atoms with Gasteiger partial charge in [0.15, 0.2) is 0 Å². The van der Waals surface area contributed by atoms with Crippen molar-refractivity contribution < 1.29 is 9.59 Å². The molecule has 0 bridgehead atoms. The zero-order valence-electron chi connectivity index (χ0n) is 12.3. The first-order valence-electron chi connectivity index (χ1n) is 6.76. The van der Waals surface area contributed by atoms with Gasteiger partial charge in [-0.3, -0.25) is 9.59 Å². The Morgan fingerprint density at radius 3 is 2.10 bits per heavy atom. The van der Waals surface area contributed by atoms with Gasteiger partial charge in [0.05, 0.1) is 16.8 Å². The molecule has 4 nitrogen and oxygen atoms in total. The van der Waals surface area contributed by atoms with E-state index in [-0.39, 0.29) is 11.8 Å². The predicted octanol–water partition coefficient (Wildman–Crippen LogP) is 2.86. The summed E-state index contributed by atoms with van der Waals surface area (Å²) in [7, 11) is 3.89. The molecule has 0 fully saturated rings. The number of carbonyl (C=O) groups excluding carboxylic acids is 2. The number of aryl methyl sites for hydroxylation is 1. The van der Waals surface area contributed by atoms with E-state index in [4.69, 9.17) is 0 Å². The zero-order valence-corrected chi connectivity index (χ0v) is 12.3. The summed E-state index contributed by atoms with van der Waals surface area (Å²) in [5, 5.41) is 0. The van der Waals surface area contributed by atoms with E-state index in [1.54, 1.807) is 24.3 Å². The first-order chi connectivity index (χ1) is 9.99. The van der Waals surface area contributed by atoms with Crippen LogP contribution in [0, 0.1) is 6.92 Å². The number of imide groups is 1. The molecule has 1 heterocycles. The average Bonchev–Trinajstić information content (AvgIpc) is 2.70. The fourth-order valence-electron chi connectivity index (χ4n) is 2.49. The van der Waals surface area contributed by atoms with E-state index in [0.29, 0.717) is 16.8 Å². The van der Waals surface area contributed by atoms with E-state index in [1.807, 2.05) is 44.1 Å². The number of amides is 2. The van der Waals surface area contributed by atoms with Crippen LogP contribution in [0.2, 0.25) is 0 Å². The van der Waals surface area contributed by atoms with Crippen LogP contribution < -0.4 is 9.80 Å². The lowest BCUT2D eigenvalue weighted by Crippen LogP contribution is -2.29. The molecule has 0 radical (unpaired) electrons. The van der Waals surface area contributed by atoms with Gasteiger partial charge in [0, 0.05) is 19.8 Å². The summed E-state index contributed by atoms with van der Waals surface area (Å²) in [4.78, 5) is 28.1. The van der Waals surface area contributed by atoms with E-state index >= 15 is 0 Å². The van der Waals surface area contributed by atoms with E-state index in [0.717, 1.165) is 11.3 Å². The van der Waals surface area contributed by atoms with Gasteiger partial charge >= 0.3 is 0 Å². The highest BCUT2D eigenvalue weighted by Crippen LogP contribution is 2.29. The number of rotatable bonds is 2. The van der Waals surface area contributed by atoms with Gasteiger partial charge in [-0.2, -0.15) is 0 Å². The summed E-state index contributed by atoms with van der Waals surface area (Å²) in [6.07, 6.45) is 0. The predicted molar refractivity (Wildman–Crippen MR) is 83.1 cm³/mol. The Morgan fingerprint density at radius 2 is 1.48 bits per heavy atom. The Bertz CT molecular complexity index is 733. The molecule has 0 saturated carbocycles. The van der Waals surface area contributed by atoms with Crippen molar-refractivity contribution in [1.82, 2.24) is 0 Å². The Morgan fingerprint density at radius 1 is 0.857 bits per heavy atom. The fourth-order valence-corrected chi connectivity index (χ4v) is 2.49. The summed E-state index contributed by atoms with van der Waals surface area (Å²) in [5.41, 5.74) is 3.55. The van der Waals surface area contributed by atoms with Crippen LogP contribution in [0.15, 0.2) is 42.5 Å². The Balaban J connectivity index is 2.01. The van der Waals surface area contributed by atoms with E-state index in [1.165, 1.54) is 4.90 Å². The van der Waals surface area contributed by atoms with Gasteiger partial charge in [-0.05, 0) is 43.3 Å². The number of fused-ring (bicyclic) bond motifs is 1. The first kappa shape index (κ1) is 13.4. The minimum absolute atomic E-state index is 0.253. The number of hydrogen-bond acceptors (Lipinski definition) is 3. The van der Waals surface area contributed by atoms with Gasteiger partial charge < -0.3 is 4.90 Å². The van der Waals surface area contributed by atoms with Crippen molar-refractivity contribution in [3.63, 3.8) is 0 Å². The summed E-state index contributed by atoms with van der Waals surface area (Å²) in [6.45, 7) is 1.91. The summed E-state index contributed by atoms with van der Waals surface area (Å²) >= 11 is 0. The van der Waals surface area contributed by atoms with Crippen molar-refractivity contribution in [1.29, 1.82) is 0 Å². The monoisotopic (exact) mass is 280 g/mol. The smallest absolute Gasteiger partial charge is 0.266 e. The molecule has 1 aliphatic rings. The van der Waals surface area contributed by atoms with Crippen LogP contribution in [0.1, 0.15) is 26.3 Å². The second kappa shape index (κ2) is 4.74. The highest BCUT2D eigenvalue weighted by molar-refractivity contribution is 6.34.